The lowest BCUT2D eigenvalue weighted by Crippen LogP contribution is -2.48. The molecule has 0 atom stereocenters. The molecule has 1 aliphatic heterocycles. The highest BCUT2D eigenvalue weighted by Crippen LogP contribution is 2.44. The number of piperidine rings is 1. The lowest BCUT2D eigenvalue weighted by Gasteiger charge is -2.32. The standard InChI is InChI=1S/C13H25N3O/c1-2-7-16-8-3-11(4-9-16)15-12(17)13(10-14)5-6-13/h11H,2-10,14H2,1H3,(H,15,17). The van der Waals surface area contributed by atoms with Gasteiger partial charge >= 0.3 is 0 Å². The third-order valence-electron chi connectivity index (χ3n) is 4.19. The van der Waals surface area contributed by atoms with Gasteiger partial charge in [0, 0.05) is 25.7 Å². The molecule has 4 heteroatoms. The third-order valence-corrected chi connectivity index (χ3v) is 4.19. The van der Waals surface area contributed by atoms with Crippen LogP contribution in [0.15, 0.2) is 0 Å². The average molecular weight is 239 g/mol. The summed E-state index contributed by atoms with van der Waals surface area (Å²) in [6.45, 7) is 6.15. The Labute approximate surface area is 104 Å². The maximum absolute atomic E-state index is 12.0. The van der Waals surface area contributed by atoms with Crippen molar-refractivity contribution in [1.29, 1.82) is 0 Å². The first kappa shape index (κ1) is 12.8. The van der Waals surface area contributed by atoms with E-state index in [0.29, 0.717) is 12.6 Å². The second kappa shape index (κ2) is 5.36. The van der Waals surface area contributed by atoms with Crippen LogP contribution < -0.4 is 11.1 Å². The first-order valence-corrected chi connectivity index (χ1v) is 6.93. The molecule has 0 aromatic rings. The molecule has 4 nitrogen and oxygen atoms in total. The zero-order valence-corrected chi connectivity index (χ0v) is 10.9. The SMILES string of the molecule is CCCN1CCC(NC(=O)C2(CN)CC2)CC1. The summed E-state index contributed by atoms with van der Waals surface area (Å²) < 4.78 is 0. The predicted octanol–water partition coefficient (Wildman–Crippen LogP) is 0.716. The van der Waals surface area contributed by atoms with Crippen molar-refractivity contribution < 1.29 is 4.79 Å². The van der Waals surface area contributed by atoms with Gasteiger partial charge < -0.3 is 16.0 Å². The van der Waals surface area contributed by atoms with Crippen LogP contribution >= 0.6 is 0 Å². The van der Waals surface area contributed by atoms with E-state index in [4.69, 9.17) is 5.73 Å². The Hall–Kier alpha value is -0.610. The lowest BCUT2D eigenvalue weighted by molar-refractivity contribution is -0.127. The van der Waals surface area contributed by atoms with Gasteiger partial charge in [0.25, 0.3) is 0 Å². The van der Waals surface area contributed by atoms with Gasteiger partial charge in [-0.05, 0) is 38.6 Å². The number of amides is 1. The van der Waals surface area contributed by atoms with E-state index < -0.39 is 0 Å². The Balaban J connectivity index is 1.73. The van der Waals surface area contributed by atoms with Crippen LogP contribution in [-0.4, -0.2) is 43.0 Å². The molecule has 1 saturated heterocycles. The topological polar surface area (TPSA) is 58.4 Å². The minimum atomic E-state index is -0.194. The summed E-state index contributed by atoms with van der Waals surface area (Å²) in [5, 5.41) is 3.19. The summed E-state index contributed by atoms with van der Waals surface area (Å²) in [4.78, 5) is 14.5. The zero-order valence-electron chi connectivity index (χ0n) is 10.9. The molecule has 0 spiro atoms. The Morgan fingerprint density at radius 2 is 2.06 bits per heavy atom. The van der Waals surface area contributed by atoms with Gasteiger partial charge in [-0.3, -0.25) is 4.79 Å². The van der Waals surface area contributed by atoms with Crippen LogP contribution in [0.25, 0.3) is 0 Å². The molecule has 0 bridgehead atoms. The molecule has 3 N–H and O–H groups in total. The van der Waals surface area contributed by atoms with Gasteiger partial charge in [-0.1, -0.05) is 6.92 Å². The van der Waals surface area contributed by atoms with Crippen molar-refractivity contribution in [3.63, 3.8) is 0 Å². The van der Waals surface area contributed by atoms with E-state index >= 15 is 0 Å². The first-order chi connectivity index (χ1) is 8.20. The molecule has 0 aromatic heterocycles. The summed E-state index contributed by atoms with van der Waals surface area (Å²) in [6.07, 6.45) is 5.35. The smallest absolute Gasteiger partial charge is 0.227 e. The minimum absolute atomic E-state index is 0.194. The molecule has 98 valence electrons. The zero-order chi connectivity index (χ0) is 12.3. The number of hydrogen-bond donors (Lipinski definition) is 2. The van der Waals surface area contributed by atoms with Gasteiger partial charge in [0.15, 0.2) is 0 Å². The van der Waals surface area contributed by atoms with Crippen molar-refractivity contribution in [1.82, 2.24) is 10.2 Å². The summed E-state index contributed by atoms with van der Waals surface area (Å²) in [5.41, 5.74) is 5.47. The monoisotopic (exact) mass is 239 g/mol. The number of nitrogens with zero attached hydrogens (tertiary/aromatic N) is 1. The number of hydrogen-bond acceptors (Lipinski definition) is 3. The Bertz CT molecular complexity index is 268. The van der Waals surface area contributed by atoms with Crippen LogP contribution in [0.2, 0.25) is 0 Å². The van der Waals surface area contributed by atoms with Crippen LogP contribution in [-0.2, 0) is 4.79 Å². The van der Waals surface area contributed by atoms with Crippen molar-refractivity contribution in [2.75, 3.05) is 26.2 Å². The predicted molar refractivity (Wildman–Crippen MR) is 68.6 cm³/mol. The molecule has 1 saturated carbocycles. The second-order valence-corrected chi connectivity index (χ2v) is 5.57. The van der Waals surface area contributed by atoms with Gasteiger partial charge in [0.2, 0.25) is 5.91 Å². The summed E-state index contributed by atoms with van der Waals surface area (Å²) >= 11 is 0. The van der Waals surface area contributed by atoms with Gasteiger partial charge in [-0.25, -0.2) is 0 Å². The fourth-order valence-corrected chi connectivity index (χ4v) is 2.63. The van der Waals surface area contributed by atoms with Gasteiger partial charge in [-0.2, -0.15) is 0 Å². The number of nitrogens with two attached hydrogens (primary N) is 1. The van der Waals surface area contributed by atoms with Crippen LogP contribution in [0, 0.1) is 5.41 Å². The number of likely N-dealkylation sites (tertiary alicyclic amines) is 1. The normalized spacial score (nSPS) is 24.6. The lowest BCUT2D eigenvalue weighted by atomic mass is 10.0. The number of carbonyl (C=O) groups excluding carboxylic acids is 1. The van der Waals surface area contributed by atoms with Gasteiger partial charge in [0.05, 0.1) is 5.41 Å². The first-order valence-electron chi connectivity index (χ1n) is 6.93. The van der Waals surface area contributed by atoms with Crippen molar-refractivity contribution in [3.8, 4) is 0 Å². The molecule has 0 unspecified atom stereocenters. The van der Waals surface area contributed by atoms with Crippen molar-refractivity contribution in [2.45, 2.75) is 45.1 Å². The van der Waals surface area contributed by atoms with Gasteiger partial charge in [0.1, 0.15) is 0 Å². The van der Waals surface area contributed by atoms with E-state index in [2.05, 4.69) is 17.1 Å². The van der Waals surface area contributed by atoms with E-state index in [1.165, 1.54) is 13.0 Å². The van der Waals surface area contributed by atoms with Crippen molar-refractivity contribution in [3.05, 3.63) is 0 Å². The quantitative estimate of drug-likeness (QED) is 0.743. The largest absolute Gasteiger partial charge is 0.353 e. The molecule has 17 heavy (non-hydrogen) atoms. The maximum atomic E-state index is 12.0. The van der Waals surface area contributed by atoms with E-state index in [1.807, 2.05) is 0 Å². The van der Waals surface area contributed by atoms with Crippen molar-refractivity contribution >= 4 is 5.91 Å². The van der Waals surface area contributed by atoms with Crippen LogP contribution in [0.3, 0.4) is 0 Å². The molecule has 0 radical (unpaired) electrons. The minimum Gasteiger partial charge on any atom is -0.353 e. The molecular weight excluding hydrogens is 214 g/mol. The molecule has 2 aliphatic rings. The van der Waals surface area contributed by atoms with Gasteiger partial charge in [-0.15, -0.1) is 0 Å². The van der Waals surface area contributed by atoms with Crippen LogP contribution in [0.5, 0.6) is 0 Å². The average Bonchev–Trinajstić information content (AvgIpc) is 3.13. The van der Waals surface area contributed by atoms with Crippen molar-refractivity contribution in [2.24, 2.45) is 11.1 Å². The van der Waals surface area contributed by atoms with E-state index in [9.17, 15) is 4.79 Å². The number of carbonyl (C=O) groups is 1. The maximum Gasteiger partial charge on any atom is 0.227 e. The van der Waals surface area contributed by atoms with E-state index in [0.717, 1.165) is 38.8 Å². The Kier molecular flexibility index (Phi) is 4.05. The third kappa shape index (κ3) is 2.99. The molecular formula is C13H25N3O. The Morgan fingerprint density at radius 3 is 2.53 bits per heavy atom. The summed E-state index contributed by atoms with van der Waals surface area (Å²) in [7, 11) is 0. The molecule has 0 aromatic carbocycles. The highest BCUT2D eigenvalue weighted by Gasteiger charge is 2.48. The molecule has 1 amide bonds. The molecule has 2 fully saturated rings. The fraction of sp³-hybridized carbons (Fsp3) is 0.923. The summed E-state index contributed by atoms with van der Waals surface area (Å²) in [5.74, 6) is 0.203. The van der Waals surface area contributed by atoms with E-state index in [1.54, 1.807) is 0 Å². The van der Waals surface area contributed by atoms with E-state index in [-0.39, 0.29) is 11.3 Å². The fourth-order valence-electron chi connectivity index (χ4n) is 2.63. The highest BCUT2D eigenvalue weighted by molar-refractivity contribution is 5.85. The number of nitrogens with one attached hydrogen (secondary N) is 1. The molecule has 1 aliphatic carbocycles. The highest BCUT2D eigenvalue weighted by atomic mass is 16.2. The number of rotatable bonds is 5. The Morgan fingerprint density at radius 1 is 1.41 bits per heavy atom. The second-order valence-electron chi connectivity index (χ2n) is 5.57. The van der Waals surface area contributed by atoms with Crippen LogP contribution in [0.1, 0.15) is 39.0 Å². The van der Waals surface area contributed by atoms with Crippen LogP contribution in [0.4, 0.5) is 0 Å². The molecule has 2 rings (SSSR count). The summed E-state index contributed by atoms with van der Waals surface area (Å²) in [6, 6.07) is 0.375. The molecule has 1 heterocycles.